The minimum absolute atomic E-state index is 0.249. The van der Waals surface area contributed by atoms with Gasteiger partial charge in [-0.05, 0) is 41.3 Å². The maximum Gasteiger partial charge on any atom is 0.124 e. The molecule has 2 unspecified atom stereocenters. The number of methoxy groups -OCH3 is 2. The van der Waals surface area contributed by atoms with E-state index in [0.29, 0.717) is 5.92 Å². The van der Waals surface area contributed by atoms with Gasteiger partial charge in [-0.3, -0.25) is 4.98 Å². The third kappa shape index (κ3) is 2.56. The molecule has 0 aliphatic heterocycles. The molecule has 0 N–H and O–H groups in total. The van der Waals surface area contributed by atoms with Gasteiger partial charge in [0.25, 0.3) is 0 Å². The van der Waals surface area contributed by atoms with E-state index in [1.807, 2.05) is 24.4 Å². The maximum atomic E-state index is 5.71. The van der Waals surface area contributed by atoms with E-state index in [9.17, 15) is 0 Å². The third-order valence-electron chi connectivity index (χ3n) is 5.13. The van der Waals surface area contributed by atoms with Gasteiger partial charge in [-0.2, -0.15) is 0 Å². The molecule has 126 valence electrons. The summed E-state index contributed by atoms with van der Waals surface area (Å²) < 4.78 is 11.0. The smallest absolute Gasteiger partial charge is 0.124 e. The number of allylic oxidation sites excluding steroid dienone is 1. The molecule has 3 aromatic rings. The van der Waals surface area contributed by atoms with Crippen LogP contribution in [0.15, 0.2) is 60.8 Å². The van der Waals surface area contributed by atoms with Gasteiger partial charge in [-0.15, -0.1) is 0 Å². The van der Waals surface area contributed by atoms with Crippen molar-refractivity contribution in [1.82, 2.24) is 4.98 Å². The summed E-state index contributed by atoms with van der Waals surface area (Å²) in [6, 6.07) is 16.6. The lowest BCUT2D eigenvalue weighted by Crippen LogP contribution is -2.15. The Morgan fingerprint density at radius 2 is 1.68 bits per heavy atom. The van der Waals surface area contributed by atoms with Crippen LogP contribution in [0.25, 0.3) is 16.7 Å². The van der Waals surface area contributed by atoms with Crippen molar-refractivity contribution < 1.29 is 9.47 Å². The van der Waals surface area contributed by atoms with Gasteiger partial charge < -0.3 is 9.47 Å². The molecule has 0 saturated carbocycles. The second-order valence-electron chi connectivity index (χ2n) is 6.43. The molecule has 1 aromatic heterocycles. The number of para-hydroxylation sites is 1. The van der Waals surface area contributed by atoms with Crippen molar-refractivity contribution in [2.45, 2.75) is 18.8 Å². The molecular formula is C22H21NO2. The van der Waals surface area contributed by atoms with E-state index in [1.165, 1.54) is 16.5 Å². The molecule has 1 aliphatic rings. The molecular weight excluding hydrogens is 310 g/mol. The van der Waals surface area contributed by atoms with Crippen LogP contribution in [0.2, 0.25) is 0 Å². The zero-order valence-corrected chi connectivity index (χ0v) is 14.7. The van der Waals surface area contributed by atoms with Gasteiger partial charge in [0.15, 0.2) is 0 Å². The molecule has 3 heteroatoms. The van der Waals surface area contributed by atoms with E-state index < -0.39 is 0 Å². The summed E-state index contributed by atoms with van der Waals surface area (Å²) in [4.78, 5) is 4.61. The molecule has 1 aliphatic carbocycles. The Balaban J connectivity index is 1.89. The van der Waals surface area contributed by atoms with Gasteiger partial charge >= 0.3 is 0 Å². The van der Waals surface area contributed by atoms with E-state index in [-0.39, 0.29) is 5.92 Å². The topological polar surface area (TPSA) is 31.4 Å². The molecule has 2 aromatic carbocycles. The molecule has 0 saturated heterocycles. The standard InChI is InChI=1S/C22H21NO2/c1-14-18(15-8-10-16(24-2)11-9-15)12-21(25-3)19-13-23-20-7-5-4-6-17(20)22(14)19/h4-14,18H,1-3H3. The number of aromatic nitrogens is 1. The predicted octanol–water partition coefficient (Wildman–Crippen LogP) is 5.13. The molecule has 2 atom stereocenters. The first-order chi connectivity index (χ1) is 12.2. The van der Waals surface area contributed by atoms with E-state index in [0.717, 1.165) is 22.6 Å². The number of fused-ring (bicyclic) bond motifs is 3. The van der Waals surface area contributed by atoms with Crippen molar-refractivity contribution in [3.8, 4) is 5.75 Å². The summed E-state index contributed by atoms with van der Waals surface area (Å²) in [5.41, 5.74) is 4.69. The highest BCUT2D eigenvalue weighted by atomic mass is 16.5. The second kappa shape index (κ2) is 6.25. The lowest BCUT2D eigenvalue weighted by Gasteiger charge is -2.31. The van der Waals surface area contributed by atoms with E-state index in [2.05, 4.69) is 48.3 Å². The highest BCUT2D eigenvalue weighted by Crippen LogP contribution is 2.45. The van der Waals surface area contributed by atoms with Crippen LogP contribution in [-0.2, 0) is 4.74 Å². The summed E-state index contributed by atoms with van der Waals surface area (Å²) in [6.07, 6.45) is 4.15. The van der Waals surface area contributed by atoms with Gasteiger partial charge in [0, 0.05) is 23.1 Å². The number of nitrogens with zero attached hydrogens (tertiary/aromatic N) is 1. The lowest BCUT2D eigenvalue weighted by atomic mass is 9.75. The summed E-state index contributed by atoms with van der Waals surface area (Å²) in [7, 11) is 3.42. The molecule has 3 nitrogen and oxygen atoms in total. The Morgan fingerprint density at radius 1 is 0.920 bits per heavy atom. The normalized spacial score (nSPS) is 19.2. The quantitative estimate of drug-likeness (QED) is 0.666. The van der Waals surface area contributed by atoms with Crippen molar-refractivity contribution in [3.05, 3.63) is 77.5 Å². The number of hydrogen-bond donors (Lipinski definition) is 0. The Morgan fingerprint density at radius 3 is 2.40 bits per heavy atom. The number of benzene rings is 2. The summed E-state index contributed by atoms with van der Waals surface area (Å²) in [5, 5.41) is 1.20. The van der Waals surface area contributed by atoms with E-state index >= 15 is 0 Å². The average Bonchev–Trinajstić information content (AvgIpc) is 2.68. The zero-order valence-electron chi connectivity index (χ0n) is 14.7. The molecule has 25 heavy (non-hydrogen) atoms. The minimum Gasteiger partial charge on any atom is -0.497 e. The fourth-order valence-electron chi connectivity index (χ4n) is 3.82. The number of rotatable bonds is 3. The molecule has 4 rings (SSSR count). The van der Waals surface area contributed by atoms with Crippen molar-refractivity contribution in [2.75, 3.05) is 14.2 Å². The zero-order chi connectivity index (χ0) is 17.4. The highest BCUT2D eigenvalue weighted by Gasteiger charge is 2.30. The van der Waals surface area contributed by atoms with E-state index in [1.54, 1.807) is 14.2 Å². The Hall–Kier alpha value is -2.81. The Labute approximate surface area is 147 Å². The van der Waals surface area contributed by atoms with E-state index in [4.69, 9.17) is 9.47 Å². The van der Waals surface area contributed by atoms with Crippen molar-refractivity contribution >= 4 is 16.7 Å². The molecule has 0 bridgehead atoms. The summed E-state index contributed by atoms with van der Waals surface area (Å²) >= 11 is 0. The van der Waals surface area contributed by atoms with Crippen LogP contribution >= 0.6 is 0 Å². The third-order valence-corrected chi connectivity index (χ3v) is 5.13. The average molecular weight is 331 g/mol. The Kier molecular flexibility index (Phi) is 3.92. The van der Waals surface area contributed by atoms with Crippen LogP contribution in [0.4, 0.5) is 0 Å². The van der Waals surface area contributed by atoms with Crippen molar-refractivity contribution in [2.24, 2.45) is 0 Å². The van der Waals surface area contributed by atoms with Crippen LogP contribution in [-0.4, -0.2) is 19.2 Å². The minimum atomic E-state index is 0.249. The van der Waals surface area contributed by atoms with Gasteiger partial charge in [0.05, 0.1) is 19.7 Å². The lowest BCUT2D eigenvalue weighted by molar-refractivity contribution is 0.363. The van der Waals surface area contributed by atoms with Crippen molar-refractivity contribution in [1.29, 1.82) is 0 Å². The molecule has 0 radical (unpaired) electrons. The number of pyridine rings is 1. The van der Waals surface area contributed by atoms with Gasteiger partial charge in [0.1, 0.15) is 11.5 Å². The fourth-order valence-corrected chi connectivity index (χ4v) is 3.82. The van der Waals surface area contributed by atoms with Crippen LogP contribution < -0.4 is 4.74 Å². The monoisotopic (exact) mass is 331 g/mol. The Bertz CT molecular complexity index is 944. The fraction of sp³-hybridized carbons (Fsp3) is 0.227. The number of ether oxygens (including phenoxy) is 2. The predicted molar refractivity (Wildman–Crippen MR) is 101 cm³/mol. The number of hydrogen-bond acceptors (Lipinski definition) is 3. The van der Waals surface area contributed by atoms with Crippen LogP contribution in [0, 0.1) is 0 Å². The van der Waals surface area contributed by atoms with Gasteiger partial charge in [-0.25, -0.2) is 0 Å². The summed E-state index contributed by atoms with van der Waals surface area (Å²) in [6.45, 7) is 2.28. The van der Waals surface area contributed by atoms with Crippen LogP contribution in [0.3, 0.4) is 0 Å². The molecule has 0 fully saturated rings. The van der Waals surface area contributed by atoms with Crippen LogP contribution in [0.5, 0.6) is 5.75 Å². The van der Waals surface area contributed by atoms with Gasteiger partial charge in [-0.1, -0.05) is 37.3 Å². The highest BCUT2D eigenvalue weighted by molar-refractivity contribution is 5.88. The first kappa shape index (κ1) is 15.7. The first-order valence-corrected chi connectivity index (χ1v) is 8.50. The molecule has 0 amide bonds. The molecule has 0 spiro atoms. The second-order valence-corrected chi connectivity index (χ2v) is 6.43. The van der Waals surface area contributed by atoms with Crippen LogP contribution in [0.1, 0.15) is 35.4 Å². The maximum absolute atomic E-state index is 5.71. The van der Waals surface area contributed by atoms with Gasteiger partial charge in [0.2, 0.25) is 0 Å². The summed E-state index contributed by atoms with van der Waals surface area (Å²) in [5.74, 6) is 2.35. The van der Waals surface area contributed by atoms with Crippen molar-refractivity contribution in [3.63, 3.8) is 0 Å². The SMILES string of the molecule is COC1=CC(c2ccc(OC)cc2)C(C)c2c1cnc1ccccc21. The first-order valence-electron chi connectivity index (χ1n) is 8.50. The molecule has 1 heterocycles. The largest absolute Gasteiger partial charge is 0.497 e.